The van der Waals surface area contributed by atoms with Gasteiger partial charge in [0.2, 0.25) is 0 Å². The van der Waals surface area contributed by atoms with Gasteiger partial charge in [-0.3, -0.25) is 4.98 Å². The van der Waals surface area contributed by atoms with Crippen molar-refractivity contribution in [1.29, 1.82) is 0 Å². The summed E-state index contributed by atoms with van der Waals surface area (Å²) in [5.41, 5.74) is 3.56. The molecule has 144 valence electrons. The molecule has 0 amide bonds. The molecule has 1 fully saturated rings. The van der Waals surface area contributed by atoms with Gasteiger partial charge in [-0.2, -0.15) is 0 Å². The second-order valence-corrected chi connectivity index (χ2v) is 7.49. The lowest BCUT2D eigenvalue weighted by Gasteiger charge is -2.27. The first kappa shape index (κ1) is 19.6. The molecule has 2 aromatic rings. The molecule has 1 unspecified atom stereocenters. The summed E-state index contributed by atoms with van der Waals surface area (Å²) in [6, 6.07) is 12.6. The molecule has 1 saturated heterocycles. The van der Waals surface area contributed by atoms with Gasteiger partial charge in [-0.15, -0.1) is 0 Å². The SMILES string of the molecule is CN(C)c1ccc(CN(Cc2cccnc2)C(=S)NCC2CCCO2)cc1. The monoisotopic (exact) mass is 384 g/mol. The zero-order valence-electron chi connectivity index (χ0n) is 16.1. The number of hydrogen-bond donors (Lipinski definition) is 1. The first-order valence-electron chi connectivity index (χ1n) is 9.41. The molecular formula is C21H28N4OS. The smallest absolute Gasteiger partial charge is 0.169 e. The van der Waals surface area contributed by atoms with Crippen LogP contribution < -0.4 is 10.2 Å². The summed E-state index contributed by atoms with van der Waals surface area (Å²) < 4.78 is 5.70. The van der Waals surface area contributed by atoms with Crippen LogP contribution >= 0.6 is 12.2 Å². The van der Waals surface area contributed by atoms with Crippen LogP contribution in [0.15, 0.2) is 48.8 Å². The van der Waals surface area contributed by atoms with E-state index in [-0.39, 0.29) is 6.10 Å². The standard InChI is InChI=1S/C21H28N4OS/c1-24(2)19-9-7-17(8-10-19)15-25(16-18-5-3-11-22-13-18)21(27)23-14-20-6-4-12-26-20/h3,5,7-11,13,20H,4,6,12,14-16H2,1-2H3,(H,23,27). The van der Waals surface area contributed by atoms with Gasteiger partial charge in [0.1, 0.15) is 0 Å². The van der Waals surface area contributed by atoms with E-state index in [1.807, 2.05) is 26.4 Å². The molecule has 0 radical (unpaired) electrons. The maximum atomic E-state index is 5.71. The highest BCUT2D eigenvalue weighted by Crippen LogP contribution is 2.16. The predicted octanol–water partition coefficient (Wildman–Crippen LogP) is 3.20. The summed E-state index contributed by atoms with van der Waals surface area (Å²) in [6.07, 6.45) is 6.19. The molecule has 1 aromatic carbocycles. The van der Waals surface area contributed by atoms with E-state index in [9.17, 15) is 0 Å². The van der Waals surface area contributed by atoms with Crippen LogP contribution in [0, 0.1) is 0 Å². The van der Waals surface area contributed by atoms with E-state index >= 15 is 0 Å². The van der Waals surface area contributed by atoms with Crippen molar-refractivity contribution in [3.05, 3.63) is 59.9 Å². The van der Waals surface area contributed by atoms with Gasteiger partial charge in [0.25, 0.3) is 0 Å². The van der Waals surface area contributed by atoms with Crippen molar-refractivity contribution >= 4 is 23.0 Å². The molecule has 1 atom stereocenters. The Bertz CT molecular complexity index is 715. The Kier molecular flexibility index (Phi) is 7.01. The Morgan fingerprint density at radius 1 is 1.19 bits per heavy atom. The number of ether oxygens (including phenoxy) is 1. The molecule has 6 heteroatoms. The number of nitrogens with one attached hydrogen (secondary N) is 1. The van der Waals surface area contributed by atoms with Crippen molar-refractivity contribution < 1.29 is 4.74 Å². The summed E-state index contributed by atoms with van der Waals surface area (Å²) in [5.74, 6) is 0. The Hall–Kier alpha value is -2.18. The van der Waals surface area contributed by atoms with Gasteiger partial charge in [-0.25, -0.2) is 0 Å². The van der Waals surface area contributed by atoms with E-state index < -0.39 is 0 Å². The van der Waals surface area contributed by atoms with Crippen molar-refractivity contribution in [3.63, 3.8) is 0 Å². The van der Waals surface area contributed by atoms with Gasteiger partial charge in [-0.05, 0) is 54.4 Å². The summed E-state index contributed by atoms with van der Waals surface area (Å²) >= 11 is 5.71. The van der Waals surface area contributed by atoms with Crippen LogP contribution in [0.1, 0.15) is 24.0 Å². The van der Waals surface area contributed by atoms with Gasteiger partial charge in [0.05, 0.1) is 6.10 Å². The van der Waals surface area contributed by atoms with Crippen molar-refractivity contribution in [1.82, 2.24) is 15.2 Å². The number of nitrogens with zero attached hydrogens (tertiary/aromatic N) is 3. The molecule has 1 aliphatic rings. The minimum Gasteiger partial charge on any atom is -0.378 e. The maximum Gasteiger partial charge on any atom is 0.169 e. The van der Waals surface area contributed by atoms with Crippen LogP contribution in [0.25, 0.3) is 0 Å². The summed E-state index contributed by atoms with van der Waals surface area (Å²) in [6.45, 7) is 3.10. The van der Waals surface area contributed by atoms with Crippen LogP contribution in [0.3, 0.4) is 0 Å². The van der Waals surface area contributed by atoms with Crippen molar-refractivity contribution in [3.8, 4) is 0 Å². The molecule has 0 spiro atoms. The third-order valence-corrected chi connectivity index (χ3v) is 5.12. The van der Waals surface area contributed by atoms with Crippen LogP contribution in [0.4, 0.5) is 5.69 Å². The lowest BCUT2D eigenvalue weighted by molar-refractivity contribution is 0.113. The average Bonchev–Trinajstić information content (AvgIpc) is 3.20. The number of aromatic nitrogens is 1. The molecule has 2 heterocycles. The minimum atomic E-state index is 0.266. The molecule has 27 heavy (non-hydrogen) atoms. The summed E-state index contributed by atoms with van der Waals surface area (Å²) in [4.78, 5) is 8.52. The number of anilines is 1. The summed E-state index contributed by atoms with van der Waals surface area (Å²) in [7, 11) is 4.10. The third-order valence-electron chi connectivity index (χ3n) is 4.71. The third kappa shape index (κ3) is 5.91. The quantitative estimate of drug-likeness (QED) is 0.740. The van der Waals surface area contributed by atoms with Crippen LogP contribution in [0.2, 0.25) is 0 Å². The number of thiocarbonyl (C=S) groups is 1. The van der Waals surface area contributed by atoms with Gasteiger partial charge in [0, 0.05) is 58.4 Å². The molecule has 0 aliphatic carbocycles. The van der Waals surface area contributed by atoms with E-state index in [1.54, 1.807) is 6.20 Å². The predicted molar refractivity (Wildman–Crippen MR) is 114 cm³/mol. The van der Waals surface area contributed by atoms with Gasteiger partial charge in [-0.1, -0.05) is 18.2 Å². The number of benzene rings is 1. The molecule has 1 aromatic heterocycles. The number of pyridine rings is 1. The Balaban J connectivity index is 1.67. The second kappa shape index (κ2) is 9.67. The van der Waals surface area contributed by atoms with E-state index in [0.717, 1.165) is 49.8 Å². The number of rotatable bonds is 7. The topological polar surface area (TPSA) is 40.6 Å². The van der Waals surface area contributed by atoms with E-state index in [4.69, 9.17) is 17.0 Å². The van der Waals surface area contributed by atoms with Crippen LogP contribution in [0.5, 0.6) is 0 Å². The first-order chi connectivity index (χ1) is 13.1. The largest absolute Gasteiger partial charge is 0.378 e. The zero-order valence-corrected chi connectivity index (χ0v) is 16.9. The normalized spacial score (nSPS) is 16.1. The first-order valence-corrected chi connectivity index (χ1v) is 9.82. The Morgan fingerprint density at radius 3 is 2.59 bits per heavy atom. The average molecular weight is 385 g/mol. The van der Waals surface area contributed by atoms with Crippen molar-refractivity contribution in [2.24, 2.45) is 0 Å². The highest BCUT2D eigenvalue weighted by Gasteiger charge is 2.17. The summed E-state index contributed by atoms with van der Waals surface area (Å²) in [5, 5.41) is 4.15. The fourth-order valence-corrected chi connectivity index (χ4v) is 3.36. The maximum absolute atomic E-state index is 5.71. The van der Waals surface area contributed by atoms with Gasteiger partial charge in [0.15, 0.2) is 5.11 Å². The molecule has 1 aliphatic heterocycles. The lowest BCUT2D eigenvalue weighted by atomic mass is 10.1. The van der Waals surface area contributed by atoms with Gasteiger partial charge < -0.3 is 19.9 Å². The fourth-order valence-electron chi connectivity index (χ4n) is 3.15. The zero-order chi connectivity index (χ0) is 19.1. The Labute approximate surface area is 167 Å². The van der Waals surface area contributed by atoms with E-state index in [2.05, 4.69) is 50.4 Å². The molecule has 1 N–H and O–H groups in total. The lowest BCUT2D eigenvalue weighted by Crippen LogP contribution is -2.42. The van der Waals surface area contributed by atoms with Crippen molar-refractivity contribution in [2.75, 3.05) is 32.1 Å². The molecular weight excluding hydrogens is 356 g/mol. The van der Waals surface area contributed by atoms with Crippen LogP contribution in [-0.4, -0.2) is 48.3 Å². The van der Waals surface area contributed by atoms with E-state index in [0.29, 0.717) is 0 Å². The highest BCUT2D eigenvalue weighted by molar-refractivity contribution is 7.80. The van der Waals surface area contributed by atoms with Crippen molar-refractivity contribution in [2.45, 2.75) is 32.0 Å². The Morgan fingerprint density at radius 2 is 1.96 bits per heavy atom. The molecule has 0 bridgehead atoms. The van der Waals surface area contributed by atoms with E-state index in [1.165, 1.54) is 11.3 Å². The number of hydrogen-bond acceptors (Lipinski definition) is 4. The molecule has 0 saturated carbocycles. The van der Waals surface area contributed by atoms with Gasteiger partial charge >= 0.3 is 0 Å². The minimum absolute atomic E-state index is 0.266. The molecule has 5 nitrogen and oxygen atoms in total. The fraction of sp³-hybridized carbons (Fsp3) is 0.429. The molecule has 3 rings (SSSR count). The second-order valence-electron chi connectivity index (χ2n) is 7.10. The highest BCUT2D eigenvalue weighted by atomic mass is 32.1. The van der Waals surface area contributed by atoms with Crippen LogP contribution in [-0.2, 0) is 17.8 Å².